The predicted octanol–water partition coefficient (Wildman–Crippen LogP) is 1.22. The van der Waals surface area contributed by atoms with Crippen LogP contribution in [0.25, 0.3) is 0 Å². The second kappa shape index (κ2) is 5.97. The number of benzene rings is 1. The van der Waals surface area contributed by atoms with Gasteiger partial charge in [-0.15, -0.1) is 0 Å². The van der Waals surface area contributed by atoms with Crippen LogP contribution in [-0.4, -0.2) is 22.5 Å². The van der Waals surface area contributed by atoms with Crippen LogP contribution in [0.2, 0.25) is 0 Å². The normalized spacial score (nSPS) is 11.8. The Labute approximate surface area is 111 Å². The van der Waals surface area contributed by atoms with Crippen molar-refractivity contribution >= 4 is 5.91 Å². The highest BCUT2D eigenvalue weighted by Crippen LogP contribution is 2.10. The maximum atomic E-state index is 11.8. The molecule has 0 aliphatic heterocycles. The van der Waals surface area contributed by atoms with Gasteiger partial charge in [-0.25, -0.2) is 0 Å². The number of nitrogens with zero attached hydrogens (tertiary/aromatic N) is 1. The van der Waals surface area contributed by atoms with Gasteiger partial charge in [0, 0.05) is 18.8 Å². The third-order valence-corrected chi connectivity index (χ3v) is 2.70. The number of amides is 1. The molecule has 0 aliphatic rings. The molecule has 1 aromatic carbocycles. The van der Waals surface area contributed by atoms with Crippen LogP contribution >= 0.6 is 0 Å². The molecule has 0 aliphatic carbocycles. The number of carbonyl (C=O) groups is 1. The first-order valence-corrected chi connectivity index (χ1v) is 5.89. The van der Waals surface area contributed by atoms with E-state index in [-0.39, 0.29) is 17.7 Å². The zero-order chi connectivity index (χ0) is 13.7. The smallest absolute Gasteiger partial charge is 0.253 e. The van der Waals surface area contributed by atoms with E-state index in [0.717, 1.165) is 5.56 Å². The molecular weight excluding hydrogens is 242 g/mol. The summed E-state index contributed by atoms with van der Waals surface area (Å²) in [5.41, 5.74) is 7.23. The minimum absolute atomic E-state index is 0.0417. The summed E-state index contributed by atoms with van der Waals surface area (Å²) in [5.74, 6) is -0.352. The molecule has 0 radical (unpaired) electrons. The largest absolute Gasteiger partial charge is 0.506 e. The van der Waals surface area contributed by atoms with Crippen molar-refractivity contribution in [1.82, 2.24) is 10.3 Å². The number of carbonyl (C=O) groups excluding carboxylic acids is 1. The lowest BCUT2D eigenvalue weighted by Gasteiger charge is -2.13. The number of aromatic nitrogens is 1. The maximum Gasteiger partial charge on any atom is 0.253 e. The molecule has 4 N–H and O–H groups in total. The Bertz CT molecular complexity index is 558. The Morgan fingerprint density at radius 2 is 2.05 bits per heavy atom. The van der Waals surface area contributed by atoms with Crippen LogP contribution in [-0.2, 0) is 0 Å². The van der Waals surface area contributed by atoms with Gasteiger partial charge < -0.3 is 16.2 Å². The van der Waals surface area contributed by atoms with Gasteiger partial charge in [0.05, 0.1) is 11.8 Å². The van der Waals surface area contributed by atoms with Gasteiger partial charge in [-0.3, -0.25) is 9.78 Å². The molecule has 1 aromatic heterocycles. The van der Waals surface area contributed by atoms with Gasteiger partial charge in [-0.1, -0.05) is 30.3 Å². The number of nitrogens with one attached hydrogen (secondary N) is 1. The van der Waals surface area contributed by atoms with Gasteiger partial charge in [0.25, 0.3) is 5.91 Å². The standard InChI is InChI=1S/C14H15N3O2/c15-13(10-4-2-1-3-5-10)9-17-14(19)11-6-12(18)8-16-7-11/h1-8,13,18H,9,15H2,(H,17,19). The minimum Gasteiger partial charge on any atom is -0.506 e. The lowest BCUT2D eigenvalue weighted by atomic mass is 10.1. The van der Waals surface area contributed by atoms with Gasteiger partial charge in [0.2, 0.25) is 0 Å². The van der Waals surface area contributed by atoms with E-state index in [9.17, 15) is 9.90 Å². The first-order chi connectivity index (χ1) is 9.16. The zero-order valence-electron chi connectivity index (χ0n) is 10.3. The molecular formula is C14H15N3O2. The van der Waals surface area contributed by atoms with E-state index in [2.05, 4.69) is 10.3 Å². The average Bonchev–Trinajstić information content (AvgIpc) is 2.45. The number of rotatable bonds is 4. The SMILES string of the molecule is NC(CNC(=O)c1cncc(O)c1)c1ccccc1. The molecule has 1 heterocycles. The second-order valence-corrected chi connectivity index (χ2v) is 4.16. The Morgan fingerprint density at radius 3 is 2.74 bits per heavy atom. The molecule has 19 heavy (non-hydrogen) atoms. The van der Waals surface area contributed by atoms with Gasteiger partial charge in [-0.2, -0.15) is 0 Å². The summed E-state index contributed by atoms with van der Waals surface area (Å²) in [6, 6.07) is 10.6. The topological polar surface area (TPSA) is 88.2 Å². The molecule has 0 saturated carbocycles. The number of pyridine rings is 1. The number of nitrogens with two attached hydrogens (primary N) is 1. The highest BCUT2D eigenvalue weighted by atomic mass is 16.3. The van der Waals surface area contributed by atoms with Gasteiger partial charge in [0.15, 0.2) is 0 Å². The van der Waals surface area contributed by atoms with Crippen molar-refractivity contribution in [3.05, 3.63) is 59.9 Å². The van der Waals surface area contributed by atoms with E-state index >= 15 is 0 Å². The van der Waals surface area contributed by atoms with Crippen LogP contribution in [0.15, 0.2) is 48.8 Å². The lowest BCUT2D eigenvalue weighted by Crippen LogP contribution is -2.31. The van der Waals surface area contributed by atoms with Crippen LogP contribution < -0.4 is 11.1 Å². The third kappa shape index (κ3) is 3.53. The summed E-state index contributed by atoms with van der Waals surface area (Å²) in [6.07, 6.45) is 2.66. The Hall–Kier alpha value is -2.40. The van der Waals surface area contributed by atoms with E-state index in [1.807, 2.05) is 30.3 Å². The second-order valence-electron chi connectivity index (χ2n) is 4.16. The van der Waals surface area contributed by atoms with E-state index in [1.54, 1.807) is 0 Å². The molecule has 5 heteroatoms. The van der Waals surface area contributed by atoms with Crippen LogP contribution in [0.1, 0.15) is 22.0 Å². The van der Waals surface area contributed by atoms with Crippen molar-refractivity contribution in [2.75, 3.05) is 6.54 Å². The van der Waals surface area contributed by atoms with E-state index in [1.165, 1.54) is 18.5 Å². The fraction of sp³-hybridized carbons (Fsp3) is 0.143. The van der Waals surface area contributed by atoms with Crippen molar-refractivity contribution in [2.24, 2.45) is 5.73 Å². The molecule has 0 spiro atoms. The third-order valence-electron chi connectivity index (χ3n) is 2.70. The molecule has 1 amide bonds. The van der Waals surface area contributed by atoms with Crippen LogP contribution in [0.4, 0.5) is 0 Å². The highest BCUT2D eigenvalue weighted by Gasteiger charge is 2.10. The number of aromatic hydroxyl groups is 1. The Morgan fingerprint density at radius 1 is 1.32 bits per heavy atom. The Kier molecular flexibility index (Phi) is 4.10. The number of hydrogen-bond acceptors (Lipinski definition) is 4. The van der Waals surface area contributed by atoms with E-state index < -0.39 is 0 Å². The quantitative estimate of drug-likeness (QED) is 0.768. The maximum absolute atomic E-state index is 11.8. The van der Waals surface area contributed by atoms with Crippen LogP contribution in [0.3, 0.4) is 0 Å². The summed E-state index contributed by atoms with van der Waals surface area (Å²) < 4.78 is 0. The zero-order valence-corrected chi connectivity index (χ0v) is 10.3. The highest BCUT2D eigenvalue weighted by molar-refractivity contribution is 5.94. The molecule has 2 rings (SSSR count). The van der Waals surface area contributed by atoms with Gasteiger partial charge in [0.1, 0.15) is 5.75 Å². The monoisotopic (exact) mass is 257 g/mol. The van der Waals surface area contributed by atoms with E-state index in [0.29, 0.717) is 12.1 Å². The summed E-state index contributed by atoms with van der Waals surface area (Å²) in [6.45, 7) is 0.318. The fourth-order valence-electron chi connectivity index (χ4n) is 1.67. The van der Waals surface area contributed by atoms with Gasteiger partial charge >= 0.3 is 0 Å². The van der Waals surface area contributed by atoms with Crippen molar-refractivity contribution in [1.29, 1.82) is 0 Å². The van der Waals surface area contributed by atoms with Crippen LogP contribution in [0, 0.1) is 0 Å². The Balaban J connectivity index is 1.94. The van der Waals surface area contributed by atoms with Crippen molar-refractivity contribution in [2.45, 2.75) is 6.04 Å². The molecule has 2 aromatic rings. The average molecular weight is 257 g/mol. The summed E-state index contributed by atoms with van der Waals surface area (Å²) in [7, 11) is 0. The van der Waals surface area contributed by atoms with Crippen molar-refractivity contribution < 1.29 is 9.90 Å². The molecule has 0 bridgehead atoms. The molecule has 0 saturated heterocycles. The predicted molar refractivity (Wildman–Crippen MR) is 71.6 cm³/mol. The summed E-state index contributed by atoms with van der Waals surface area (Å²) in [5, 5.41) is 12.0. The van der Waals surface area contributed by atoms with Crippen molar-refractivity contribution in [3.63, 3.8) is 0 Å². The van der Waals surface area contributed by atoms with Crippen LogP contribution in [0.5, 0.6) is 5.75 Å². The van der Waals surface area contributed by atoms with Gasteiger partial charge in [-0.05, 0) is 11.6 Å². The molecule has 0 fully saturated rings. The van der Waals surface area contributed by atoms with E-state index in [4.69, 9.17) is 5.73 Å². The first-order valence-electron chi connectivity index (χ1n) is 5.89. The first kappa shape index (κ1) is 13.0. The minimum atomic E-state index is -0.310. The fourth-order valence-corrected chi connectivity index (χ4v) is 1.67. The molecule has 1 unspecified atom stereocenters. The summed E-state index contributed by atoms with van der Waals surface area (Å²) >= 11 is 0. The summed E-state index contributed by atoms with van der Waals surface area (Å²) in [4.78, 5) is 15.6. The van der Waals surface area contributed by atoms with Crippen molar-refractivity contribution in [3.8, 4) is 5.75 Å². The molecule has 1 atom stereocenters. The number of hydrogen-bond donors (Lipinski definition) is 3. The lowest BCUT2D eigenvalue weighted by molar-refractivity contribution is 0.0950. The molecule has 98 valence electrons. The molecule has 5 nitrogen and oxygen atoms in total.